The number of nitrogens with one attached hydrogen (secondary N) is 1. The third-order valence-electron chi connectivity index (χ3n) is 2.82. The molecule has 1 amide bonds. The molecule has 1 heterocycles. The Morgan fingerprint density at radius 3 is 2.68 bits per heavy atom. The van der Waals surface area contributed by atoms with Crippen LogP contribution < -0.4 is 10.9 Å². The number of nitrogens with zero attached hydrogens (tertiary/aromatic N) is 1. The van der Waals surface area contributed by atoms with E-state index in [0.29, 0.717) is 12.8 Å². The van der Waals surface area contributed by atoms with Crippen molar-refractivity contribution in [2.75, 3.05) is 0 Å². The van der Waals surface area contributed by atoms with Crippen molar-refractivity contribution in [1.29, 1.82) is 0 Å². The van der Waals surface area contributed by atoms with Gasteiger partial charge in [0.1, 0.15) is 6.04 Å². The van der Waals surface area contributed by atoms with Crippen LogP contribution in [0.1, 0.15) is 36.5 Å². The zero-order chi connectivity index (χ0) is 14.4. The lowest BCUT2D eigenvalue weighted by molar-refractivity contribution is -0.139. The van der Waals surface area contributed by atoms with Crippen molar-refractivity contribution in [3.63, 3.8) is 0 Å². The van der Waals surface area contributed by atoms with Crippen molar-refractivity contribution in [3.8, 4) is 0 Å². The summed E-state index contributed by atoms with van der Waals surface area (Å²) in [5.41, 5.74) is -0.140. The van der Waals surface area contributed by atoms with Gasteiger partial charge in [-0.05, 0) is 12.5 Å². The fourth-order valence-corrected chi connectivity index (χ4v) is 1.60. The molecule has 6 heteroatoms. The molecule has 1 rings (SSSR count). The van der Waals surface area contributed by atoms with E-state index in [4.69, 9.17) is 5.11 Å². The first kappa shape index (κ1) is 14.9. The summed E-state index contributed by atoms with van der Waals surface area (Å²) in [4.78, 5) is 34.3. The number of aryl methyl sites for hydroxylation is 1. The Balaban J connectivity index is 2.78. The molecule has 0 aliphatic rings. The van der Waals surface area contributed by atoms with Gasteiger partial charge in [0.05, 0.1) is 0 Å². The number of carboxylic acid groups (broad SMARTS) is 1. The Hall–Kier alpha value is -2.11. The first-order chi connectivity index (χ1) is 8.95. The van der Waals surface area contributed by atoms with Gasteiger partial charge in [-0.15, -0.1) is 0 Å². The van der Waals surface area contributed by atoms with Crippen LogP contribution in [0.5, 0.6) is 0 Å². The van der Waals surface area contributed by atoms with Crippen molar-refractivity contribution in [3.05, 3.63) is 34.2 Å². The second kappa shape index (κ2) is 6.72. The second-order valence-corrected chi connectivity index (χ2v) is 4.37. The molecule has 1 atom stereocenters. The van der Waals surface area contributed by atoms with Gasteiger partial charge in [-0.25, -0.2) is 4.79 Å². The van der Waals surface area contributed by atoms with Gasteiger partial charge in [-0.1, -0.05) is 19.8 Å². The first-order valence-electron chi connectivity index (χ1n) is 6.16. The molecule has 1 aromatic rings. The van der Waals surface area contributed by atoms with Gasteiger partial charge >= 0.3 is 5.97 Å². The molecule has 2 N–H and O–H groups in total. The smallest absolute Gasteiger partial charge is 0.326 e. The zero-order valence-electron chi connectivity index (χ0n) is 11.0. The third kappa shape index (κ3) is 4.24. The highest BCUT2D eigenvalue weighted by atomic mass is 16.4. The molecule has 1 aromatic heterocycles. The van der Waals surface area contributed by atoms with Crippen LogP contribution in [0.3, 0.4) is 0 Å². The molecule has 0 aliphatic carbocycles. The van der Waals surface area contributed by atoms with Crippen LogP contribution in [0.15, 0.2) is 23.1 Å². The quantitative estimate of drug-likeness (QED) is 0.795. The molecule has 0 radical (unpaired) electrons. The van der Waals surface area contributed by atoms with E-state index < -0.39 is 17.9 Å². The molecule has 0 unspecified atom stereocenters. The predicted octanol–water partition coefficient (Wildman–Crippen LogP) is 0.758. The van der Waals surface area contributed by atoms with E-state index in [9.17, 15) is 14.4 Å². The summed E-state index contributed by atoms with van der Waals surface area (Å²) in [5, 5.41) is 11.4. The monoisotopic (exact) mass is 266 g/mol. The van der Waals surface area contributed by atoms with Crippen molar-refractivity contribution < 1.29 is 14.7 Å². The van der Waals surface area contributed by atoms with Crippen molar-refractivity contribution in [2.24, 2.45) is 7.05 Å². The Labute approximate surface area is 111 Å². The summed E-state index contributed by atoms with van der Waals surface area (Å²) in [7, 11) is 1.57. The van der Waals surface area contributed by atoms with Gasteiger partial charge in [0.2, 0.25) is 0 Å². The van der Waals surface area contributed by atoms with Gasteiger partial charge in [0.25, 0.3) is 11.5 Å². The number of carbonyl (C=O) groups excluding carboxylic acids is 1. The molecular formula is C13H18N2O4. The molecule has 0 saturated heterocycles. The van der Waals surface area contributed by atoms with Gasteiger partial charge in [-0.3, -0.25) is 9.59 Å². The maximum Gasteiger partial charge on any atom is 0.326 e. The molecular weight excluding hydrogens is 248 g/mol. The number of aromatic nitrogens is 1. The van der Waals surface area contributed by atoms with Crippen LogP contribution in [0, 0.1) is 0 Å². The van der Waals surface area contributed by atoms with Gasteiger partial charge < -0.3 is 15.0 Å². The molecule has 0 spiro atoms. The third-order valence-corrected chi connectivity index (χ3v) is 2.82. The summed E-state index contributed by atoms with van der Waals surface area (Å²) >= 11 is 0. The van der Waals surface area contributed by atoms with E-state index in [0.717, 1.165) is 6.42 Å². The SMILES string of the molecule is CCCC[C@H](NC(=O)c1ccn(C)c(=O)c1)C(=O)O. The summed E-state index contributed by atoms with van der Waals surface area (Å²) in [5.74, 6) is -1.60. The maximum absolute atomic E-state index is 11.9. The molecule has 0 aromatic carbocycles. The minimum atomic E-state index is -1.06. The highest BCUT2D eigenvalue weighted by molar-refractivity contribution is 5.96. The van der Waals surface area contributed by atoms with E-state index in [1.54, 1.807) is 7.05 Å². The van der Waals surface area contributed by atoms with Crippen LogP contribution in [0.2, 0.25) is 0 Å². The maximum atomic E-state index is 11.9. The topological polar surface area (TPSA) is 88.4 Å². The molecule has 0 saturated carbocycles. The molecule has 19 heavy (non-hydrogen) atoms. The number of hydrogen-bond acceptors (Lipinski definition) is 3. The zero-order valence-corrected chi connectivity index (χ0v) is 11.0. The highest BCUT2D eigenvalue weighted by Crippen LogP contribution is 2.03. The second-order valence-electron chi connectivity index (χ2n) is 4.37. The Kier molecular flexibility index (Phi) is 5.29. The average Bonchev–Trinajstić information content (AvgIpc) is 2.37. The predicted molar refractivity (Wildman–Crippen MR) is 70.1 cm³/mol. The van der Waals surface area contributed by atoms with E-state index in [1.165, 1.54) is 22.9 Å². The Morgan fingerprint density at radius 2 is 2.16 bits per heavy atom. The molecule has 6 nitrogen and oxygen atoms in total. The van der Waals surface area contributed by atoms with Gasteiger partial charge in [-0.2, -0.15) is 0 Å². The lowest BCUT2D eigenvalue weighted by Crippen LogP contribution is -2.41. The number of hydrogen-bond donors (Lipinski definition) is 2. The standard InChI is InChI=1S/C13H18N2O4/c1-3-4-5-10(13(18)19)14-12(17)9-6-7-15(2)11(16)8-9/h6-8,10H,3-5H2,1-2H3,(H,14,17)(H,18,19)/t10-/m0/s1. The molecule has 0 bridgehead atoms. The largest absolute Gasteiger partial charge is 0.480 e. The Morgan fingerprint density at radius 1 is 1.47 bits per heavy atom. The number of unbranched alkanes of at least 4 members (excludes halogenated alkanes) is 1. The summed E-state index contributed by atoms with van der Waals surface area (Å²) in [6.45, 7) is 1.95. The minimum Gasteiger partial charge on any atom is -0.480 e. The van der Waals surface area contributed by atoms with Crippen molar-refractivity contribution in [1.82, 2.24) is 9.88 Å². The van der Waals surface area contributed by atoms with Gasteiger partial charge in [0.15, 0.2) is 0 Å². The number of aliphatic carboxylic acids is 1. The number of carbonyl (C=O) groups is 2. The lowest BCUT2D eigenvalue weighted by Gasteiger charge is -2.14. The van der Waals surface area contributed by atoms with Crippen LogP contribution in [0.25, 0.3) is 0 Å². The minimum absolute atomic E-state index is 0.172. The average molecular weight is 266 g/mol. The fraction of sp³-hybridized carbons (Fsp3) is 0.462. The number of carboxylic acids is 1. The normalized spacial score (nSPS) is 11.9. The molecule has 0 fully saturated rings. The van der Waals surface area contributed by atoms with Crippen molar-refractivity contribution in [2.45, 2.75) is 32.2 Å². The van der Waals surface area contributed by atoms with Crippen LogP contribution in [0.4, 0.5) is 0 Å². The molecule has 0 aliphatic heterocycles. The lowest BCUT2D eigenvalue weighted by atomic mass is 10.1. The number of rotatable bonds is 6. The van der Waals surface area contributed by atoms with E-state index >= 15 is 0 Å². The van der Waals surface area contributed by atoms with E-state index in [-0.39, 0.29) is 11.1 Å². The van der Waals surface area contributed by atoms with Gasteiger partial charge in [0, 0.05) is 24.9 Å². The van der Waals surface area contributed by atoms with Crippen LogP contribution >= 0.6 is 0 Å². The van der Waals surface area contributed by atoms with E-state index in [1.807, 2.05) is 6.92 Å². The first-order valence-corrected chi connectivity index (χ1v) is 6.16. The molecule has 104 valence electrons. The Bertz CT molecular complexity index is 522. The summed E-state index contributed by atoms with van der Waals surface area (Å²) < 4.78 is 1.34. The van der Waals surface area contributed by atoms with Crippen LogP contribution in [-0.4, -0.2) is 27.6 Å². The highest BCUT2D eigenvalue weighted by Gasteiger charge is 2.20. The van der Waals surface area contributed by atoms with Crippen molar-refractivity contribution >= 4 is 11.9 Å². The fourth-order valence-electron chi connectivity index (χ4n) is 1.60. The summed E-state index contributed by atoms with van der Waals surface area (Å²) in [6, 6.07) is 1.75. The number of amides is 1. The number of pyridine rings is 1. The summed E-state index contributed by atoms with van der Waals surface area (Å²) in [6.07, 6.45) is 3.42. The van der Waals surface area contributed by atoms with Crippen LogP contribution in [-0.2, 0) is 11.8 Å². The van der Waals surface area contributed by atoms with E-state index in [2.05, 4.69) is 5.32 Å².